The van der Waals surface area contributed by atoms with Gasteiger partial charge in [-0.15, -0.1) is 6.58 Å². The van der Waals surface area contributed by atoms with Crippen molar-refractivity contribution in [1.82, 2.24) is 0 Å². The number of carboxylic acids is 1. The Morgan fingerprint density at radius 3 is 2.70 bits per heavy atom. The Morgan fingerprint density at radius 1 is 1.70 bits per heavy atom. The number of rotatable bonds is 7. The molecule has 1 fully saturated rings. The quantitative estimate of drug-likeness (QED) is 0.430. The number of halogens is 1. The number of hydrogen-bond acceptors (Lipinski definition) is 4. The minimum absolute atomic E-state index is 0.270. The number of aliphatic carboxylic acids is 1. The predicted molar refractivity (Wildman–Crippen MR) is 75.9 cm³/mol. The molecule has 112 valence electrons. The molecule has 0 bridgehead atoms. The number of carbonyl (C=O) groups is 2. The van der Waals surface area contributed by atoms with Gasteiger partial charge in [-0.25, -0.2) is 0 Å². The molecule has 0 spiro atoms. The molecule has 20 heavy (non-hydrogen) atoms. The third-order valence-corrected chi connectivity index (χ3v) is 4.25. The van der Waals surface area contributed by atoms with Crippen LogP contribution in [0.5, 0.6) is 0 Å². The van der Waals surface area contributed by atoms with E-state index in [1.54, 1.807) is 13.0 Å². The molecule has 0 amide bonds. The number of esters is 1. The van der Waals surface area contributed by atoms with Crippen LogP contribution in [0.15, 0.2) is 12.7 Å². The molecule has 2 N–H and O–H groups in total. The number of nitrogens with one attached hydrogen (secondary N) is 1. The van der Waals surface area contributed by atoms with Crippen LogP contribution in [-0.2, 0) is 14.3 Å². The molecule has 1 rings (SSSR count). The van der Waals surface area contributed by atoms with E-state index in [0.717, 1.165) is 0 Å². The molecule has 6 heteroatoms. The molecule has 0 aromatic carbocycles. The topological polar surface area (TPSA) is 87.5 Å². The first-order valence-corrected chi connectivity index (χ1v) is 6.96. The number of cyclic esters (lactones) is 1. The lowest BCUT2D eigenvalue weighted by molar-refractivity contribution is -0.149. The molecule has 0 aliphatic carbocycles. The summed E-state index contributed by atoms with van der Waals surface area (Å²) in [7, 11) is 0. The van der Waals surface area contributed by atoms with Gasteiger partial charge in [0.05, 0.1) is 5.92 Å². The summed E-state index contributed by atoms with van der Waals surface area (Å²) in [5.74, 6) is -3.10. The van der Waals surface area contributed by atoms with E-state index in [2.05, 4.69) is 6.58 Å². The highest BCUT2D eigenvalue weighted by Crippen LogP contribution is 2.42. The first kappa shape index (κ1) is 16.7. The largest absolute Gasteiger partial charge is 0.481 e. The van der Waals surface area contributed by atoms with E-state index >= 15 is 0 Å². The van der Waals surface area contributed by atoms with Crippen LogP contribution < -0.4 is 0 Å². The summed E-state index contributed by atoms with van der Waals surface area (Å²) >= 11 is 5.66. The maximum Gasteiger partial charge on any atom is 0.317 e. The first-order chi connectivity index (χ1) is 9.26. The van der Waals surface area contributed by atoms with E-state index in [4.69, 9.17) is 26.9 Å². The second-order valence-electron chi connectivity index (χ2n) is 5.30. The van der Waals surface area contributed by atoms with E-state index in [0.29, 0.717) is 19.3 Å². The number of carbonyl (C=O) groups excluding carboxylic acids is 1. The molecule has 2 unspecified atom stereocenters. The van der Waals surface area contributed by atoms with Gasteiger partial charge in [-0.3, -0.25) is 15.0 Å². The molecule has 0 radical (unpaired) electrons. The van der Waals surface area contributed by atoms with E-state index in [1.165, 1.54) is 0 Å². The molecule has 0 aromatic heterocycles. The van der Waals surface area contributed by atoms with Crippen molar-refractivity contribution in [3.8, 4) is 0 Å². The zero-order valence-electron chi connectivity index (χ0n) is 11.7. The Hall–Kier alpha value is -1.36. The summed E-state index contributed by atoms with van der Waals surface area (Å²) in [5, 5.41) is 16.3. The van der Waals surface area contributed by atoms with Crippen molar-refractivity contribution < 1.29 is 19.4 Å². The van der Waals surface area contributed by atoms with Gasteiger partial charge in [0.2, 0.25) is 0 Å². The van der Waals surface area contributed by atoms with Crippen molar-refractivity contribution in [2.75, 3.05) is 0 Å². The summed E-state index contributed by atoms with van der Waals surface area (Å²) in [6.07, 6.45) is 2.89. The Balaban J connectivity index is 2.87. The molecular weight excluding hydrogens is 282 g/mol. The summed E-state index contributed by atoms with van der Waals surface area (Å²) < 4.78 is 5.37. The summed E-state index contributed by atoms with van der Waals surface area (Å²) in [6.45, 7) is 7.23. The van der Waals surface area contributed by atoms with Crippen molar-refractivity contribution in [3.63, 3.8) is 0 Å². The standard InChI is InChI=1S/C14H20ClNO4/c1-4-8(12(17)18)6-7-14(3)9(5-2)10(11(15)16)13(19)20-14/h5,8-10,16H,2,4,6-7H2,1,3H3,(H,17,18)/t8-,9?,10?,14-/m0/s1. The average Bonchev–Trinajstić information content (AvgIpc) is 2.60. The Kier molecular flexibility index (Phi) is 5.34. The van der Waals surface area contributed by atoms with Crippen molar-refractivity contribution >= 4 is 28.7 Å². The SMILES string of the molecule is C=CC1C(C(=N)Cl)C(=O)O[C@@]1(C)CC[C@H](CC)C(=O)O. The van der Waals surface area contributed by atoms with Gasteiger partial charge in [0.25, 0.3) is 0 Å². The smallest absolute Gasteiger partial charge is 0.317 e. The van der Waals surface area contributed by atoms with Crippen LogP contribution >= 0.6 is 11.6 Å². The van der Waals surface area contributed by atoms with Gasteiger partial charge >= 0.3 is 11.9 Å². The molecule has 1 heterocycles. The van der Waals surface area contributed by atoms with E-state index in [1.807, 2.05) is 6.92 Å². The fourth-order valence-electron chi connectivity index (χ4n) is 2.69. The van der Waals surface area contributed by atoms with Crippen molar-refractivity contribution in [1.29, 1.82) is 5.41 Å². The van der Waals surface area contributed by atoms with Crippen LogP contribution in [0.25, 0.3) is 0 Å². The van der Waals surface area contributed by atoms with Gasteiger partial charge < -0.3 is 9.84 Å². The van der Waals surface area contributed by atoms with Gasteiger partial charge in [0.15, 0.2) is 0 Å². The lowest BCUT2D eigenvalue weighted by atomic mass is 9.78. The number of hydrogen-bond donors (Lipinski definition) is 2. The minimum atomic E-state index is -0.854. The van der Waals surface area contributed by atoms with Crippen LogP contribution in [0.3, 0.4) is 0 Å². The maximum absolute atomic E-state index is 11.8. The summed E-state index contributed by atoms with van der Waals surface area (Å²) in [6, 6.07) is 0. The molecule has 1 saturated heterocycles. The summed E-state index contributed by atoms with van der Waals surface area (Å²) in [5.41, 5.74) is -0.854. The molecule has 5 nitrogen and oxygen atoms in total. The highest BCUT2D eigenvalue weighted by atomic mass is 35.5. The Labute approximate surface area is 123 Å². The van der Waals surface area contributed by atoms with Crippen molar-refractivity contribution in [2.45, 2.75) is 38.7 Å². The fourth-order valence-corrected chi connectivity index (χ4v) is 2.91. The number of carboxylic acid groups (broad SMARTS) is 1. The zero-order chi connectivity index (χ0) is 15.5. The first-order valence-electron chi connectivity index (χ1n) is 6.59. The number of ether oxygens (including phenoxy) is 1. The molecule has 1 aliphatic rings. The van der Waals surface area contributed by atoms with Gasteiger partial charge in [-0.05, 0) is 26.2 Å². The highest BCUT2D eigenvalue weighted by molar-refractivity contribution is 6.66. The zero-order valence-corrected chi connectivity index (χ0v) is 12.4. The van der Waals surface area contributed by atoms with E-state index in [-0.39, 0.29) is 5.17 Å². The lowest BCUT2D eigenvalue weighted by Crippen LogP contribution is -2.34. The van der Waals surface area contributed by atoms with Crippen LogP contribution in [0, 0.1) is 23.2 Å². The second-order valence-corrected chi connectivity index (χ2v) is 5.71. The normalized spacial score (nSPS) is 30.6. The van der Waals surface area contributed by atoms with Crippen LogP contribution in [0.2, 0.25) is 0 Å². The van der Waals surface area contributed by atoms with Gasteiger partial charge in [0, 0.05) is 5.92 Å². The third kappa shape index (κ3) is 3.20. The van der Waals surface area contributed by atoms with Gasteiger partial charge in [0.1, 0.15) is 16.7 Å². The molecular formula is C14H20ClNO4. The van der Waals surface area contributed by atoms with Gasteiger partial charge in [-0.1, -0.05) is 24.6 Å². The molecule has 4 atom stereocenters. The molecule has 0 saturated carbocycles. The van der Waals surface area contributed by atoms with Crippen molar-refractivity contribution in [2.24, 2.45) is 17.8 Å². The molecule has 1 aliphatic heterocycles. The monoisotopic (exact) mass is 301 g/mol. The fraction of sp³-hybridized carbons (Fsp3) is 0.643. The third-order valence-electron chi connectivity index (χ3n) is 4.01. The van der Waals surface area contributed by atoms with Crippen LogP contribution in [0.1, 0.15) is 33.1 Å². The Bertz CT molecular complexity index is 437. The maximum atomic E-state index is 11.8. The Morgan fingerprint density at radius 2 is 2.30 bits per heavy atom. The highest BCUT2D eigenvalue weighted by Gasteiger charge is 2.52. The van der Waals surface area contributed by atoms with Crippen LogP contribution in [0.4, 0.5) is 0 Å². The van der Waals surface area contributed by atoms with E-state index in [9.17, 15) is 9.59 Å². The molecule has 0 aromatic rings. The second kappa shape index (κ2) is 6.39. The lowest BCUT2D eigenvalue weighted by Gasteiger charge is -2.29. The van der Waals surface area contributed by atoms with Gasteiger partial charge in [-0.2, -0.15) is 0 Å². The summed E-state index contributed by atoms with van der Waals surface area (Å²) in [4.78, 5) is 22.9. The minimum Gasteiger partial charge on any atom is -0.481 e. The predicted octanol–water partition coefficient (Wildman–Crippen LogP) is 2.83. The van der Waals surface area contributed by atoms with Crippen LogP contribution in [-0.4, -0.2) is 27.8 Å². The van der Waals surface area contributed by atoms with E-state index < -0.39 is 35.3 Å². The van der Waals surface area contributed by atoms with Crippen molar-refractivity contribution in [3.05, 3.63) is 12.7 Å². The average molecular weight is 302 g/mol.